The third-order valence-electron chi connectivity index (χ3n) is 3.98. The van der Waals surface area contributed by atoms with Crippen LogP contribution < -0.4 is 27.2 Å². The molecule has 0 atom stereocenters. The molecule has 1 fully saturated rings. The Morgan fingerprint density at radius 3 is 3.00 bits per heavy atom. The quantitative estimate of drug-likeness (QED) is 0.662. The van der Waals surface area contributed by atoms with Gasteiger partial charge in [-0.25, -0.2) is 10.5 Å². The van der Waals surface area contributed by atoms with Gasteiger partial charge in [0.15, 0.2) is 5.82 Å². The molecule has 1 saturated carbocycles. The maximum atomic E-state index is 12.6. The summed E-state index contributed by atoms with van der Waals surface area (Å²) in [6.45, 7) is 0.589. The van der Waals surface area contributed by atoms with Gasteiger partial charge in [-0.3, -0.25) is 14.8 Å². The molecule has 1 aromatic rings. The van der Waals surface area contributed by atoms with Crippen LogP contribution in [0.3, 0.4) is 0 Å². The highest BCUT2D eigenvalue weighted by atomic mass is 16.1. The van der Waals surface area contributed by atoms with Crippen LogP contribution in [0.15, 0.2) is 33.0 Å². The van der Waals surface area contributed by atoms with E-state index in [2.05, 4.69) is 32.4 Å². The Bertz CT molecular complexity index is 816. The fraction of sp³-hybridized carbons (Fsp3) is 0.385. The predicted molar refractivity (Wildman–Crippen MR) is 72.2 cm³/mol. The Morgan fingerprint density at radius 2 is 2.15 bits per heavy atom. The summed E-state index contributed by atoms with van der Waals surface area (Å²) >= 11 is 0. The highest BCUT2D eigenvalue weighted by Crippen LogP contribution is 2.29. The first kappa shape index (κ1) is 11.4. The second-order valence-corrected chi connectivity index (χ2v) is 5.11. The number of fused-ring (bicyclic) bond motifs is 2. The summed E-state index contributed by atoms with van der Waals surface area (Å²) in [7, 11) is 0. The van der Waals surface area contributed by atoms with Crippen LogP contribution in [0.4, 0.5) is 0 Å². The van der Waals surface area contributed by atoms with Gasteiger partial charge < -0.3 is 0 Å². The zero-order valence-corrected chi connectivity index (χ0v) is 10.9. The van der Waals surface area contributed by atoms with Crippen molar-refractivity contribution in [2.24, 2.45) is 10.3 Å². The molecule has 2 N–H and O–H groups in total. The van der Waals surface area contributed by atoms with Crippen LogP contribution in [0.1, 0.15) is 25.7 Å². The molecule has 0 aromatic carbocycles. The third-order valence-corrected chi connectivity index (χ3v) is 3.98. The summed E-state index contributed by atoms with van der Waals surface area (Å²) in [5, 5.41) is 7.88. The number of hydrogen-bond acceptors (Lipinski definition) is 6. The van der Waals surface area contributed by atoms with E-state index < -0.39 is 0 Å². The lowest BCUT2D eigenvalue weighted by molar-refractivity contribution is 0.644. The molecule has 2 aliphatic heterocycles. The molecule has 0 unspecified atom stereocenters. The molecule has 0 bridgehead atoms. The molecular formula is C13H14N6O. The van der Waals surface area contributed by atoms with E-state index in [0.29, 0.717) is 17.6 Å². The second kappa shape index (κ2) is 4.29. The van der Waals surface area contributed by atoms with Crippen LogP contribution in [-0.4, -0.2) is 9.55 Å². The molecule has 3 aliphatic rings. The maximum Gasteiger partial charge on any atom is 0.265 e. The minimum absolute atomic E-state index is 0.0754. The van der Waals surface area contributed by atoms with Crippen molar-refractivity contribution in [1.82, 2.24) is 20.5 Å². The predicted octanol–water partition coefficient (Wildman–Crippen LogP) is -0.551. The number of nitrogens with one attached hydrogen (secondary N) is 2. The first-order valence-electron chi connectivity index (χ1n) is 6.79. The first-order chi connectivity index (χ1) is 9.84. The standard InChI is InChI=1S/C13H14N6O/c20-13-10(11-15-17-18-16-11)7-14-12-9-4-2-1-3-8(9)5-6-19(12)13/h5,7H,1-4,6H2,(H,15,18)(H,16,17). The molecule has 1 aliphatic carbocycles. The highest BCUT2D eigenvalue weighted by molar-refractivity contribution is 5.64. The van der Waals surface area contributed by atoms with Gasteiger partial charge in [-0.05, 0) is 36.8 Å². The molecule has 102 valence electrons. The Labute approximate surface area is 114 Å². The van der Waals surface area contributed by atoms with Crippen LogP contribution in [0.25, 0.3) is 11.4 Å². The molecule has 0 spiro atoms. The van der Waals surface area contributed by atoms with Crippen molar-refractivity contribution in [1.29, 1.82) is 0 Å². The Kier molecular flexibility index (Phi) is 2.45. The van der Waals surface area contributed by atoms with Crippen LogP contribution in [0.2, 0.25) is 0 Å². The molecule has 0 saturated heterocycles. The molecular weight excluding hydrogens is 256 g/mol. The van der Waals surface area contributed by atoms with Crippen molar-refractivity contribution in [3.8, 4) is 0 Å². The molecule has 0 radical (unpaired) electrons. The van der Waals surface area contributed by atoms with Gasteiger partial charge in [-0.2, -0.15) is 0 Å². The smallest absolute Gasteiger partial charge is 0.265 e. The molecule has 3 heterocycles. The minimum Gasteiger partial charge on any atom is -0.288 e. The SMILES string of the molecule is O=c1/c(=C2\N=NNN2)cnc2n1CC=C1CCCCC=21. The molecule has 0 amide bonds. The fourth-order valence-electron chi connectivity index (χ4n) is 2.97. The highest BCUT2D eigenvalue weighted by Gasteiger charge is 2.19. The topological polar surface area (TPSA) is 83.7 Å². The number of allylic oxidation sites excluding steroid dienone is 2. The van der Waals surface area contributed by atoms with Crippen molar-refractivity contribution < 1.29 is 0 Å². The molecule has 4 rings (SSSR count). The number of hydrogen-bond donors (Lipinski definition) is 2. The number of aromatic nitrogens is 2. The minimum atomic E-state index is -0.0754. The summed E-state index contributed by atoms with van der Waals surface area (Å²) in [4.78, 5) is 17.1. The van der Waals surface area contributed by atoms with Gasteiger partial charge in [0, 0.05) is 12.7 Å². The second-order valence-electron chi connectivity index (χ2n) is 5.11. The lowest BCUT2D eigenvalue weighted by Gasteiger charge is -2.22. The van der Waals surface area contributed by atoms with E-state index in [-0.39, 0.29) is 5.56 Å². The zero-order chi connectivity index (χ0) is 13.5. The van der Waals surface area contributed by atoms with E-state index in [9.17, 15) is 4.79 Å². The number of nitrogens with zero attached hydrogens (tertiary/aromatic N) is 4. The normalized spacial score (nSPS) is 22.6. The van der Waals surface area contributed by atoms with Crippen LogP contribution in [0, 0.1) is 0 Å². The Hall–Kier alpha value is -2.44. The van der Waals surface area contributed by atoms with Gasteiger partial charge >= 0.3 is 0 Å². The van der Waals surface area contributed by atoms with Crippen LogP contribution in [0.5, 0.6) is 0 Å². The van der Waals surface area contributed by atoms with Gasteiger partial charge in [-0.15, -0.1) is 5.11 Å². The van der Waals surface area contributed by atoms with E-state index in [1.54, 1.807) is 10.8 Å². The first-order valence-corrected chi connectivity index (χ1v) is 6.79. The maximum absolute atomic E-state index is 12.6. The van der Waals surface area contributed by atoms with Crippen LogP contribution >= 0.6 is 0 Å². The van der Waals surface area contributed by atoms with Crippen molar-refractivity contribution in [3.63, 3.8) is 0 Å². The lowest BCUT2D eigenvalue weighted by atomic mass is 9.88. The molecule has 7 heteroatoms. The Balaban J connectivity index is 2.01. The van der Waals surface area contributed by atoms with Crippen molar-refractivity contribution in [3.05, 3.63) is 38.9 Å². The summed E-state index contributed by atoms with van der Waals surface area (Å²) in [6, 6.07) is 0. The summed E-state index contributed by atoms with van der Waals surface area (Å²) in [6.07, 6.45) is 8.25. The van der Waals surface area contributed by atoms with E-state index in [4.69, 9.17) is 0 Å². The summed E-state index contributed by atoms with van der Waals surface area (Å²) < 4.78 is 1.72. The van der Waals surface area contributed by atoms with Crippen molar-refractivity contribution in [2.75, 3.05) is 0 Å². The molecule has 20 heavy (non-hydrogen) atoms. The number of hydrazine groups is 1. The number of rotatable bonds is 0. The fourth-order valence-corrected chi connectivity index (χ4v) is 2.97. The zero-order valence-electron chi connectivity index (χ0n) is 10.9. The molecule has 7 nitrogen and oxygen atoms in total. The van der Waals surface area contributed by atoms with E-state index >= 15 is 0 Å². The van der Waals surface area contributed by atoms with Gasteiger partial charge in [0.05, 0.1) is 0 Å². The van der Waals surface area contributed by atoms with Crippen LogP contribution in [-0.2, 0) is 6.54 Å². The monoisotopic (exact) mass is 270 g/mol. The van der Waals surface area contributed by atoms with Crippen molar-refractivity contribution in [2.45, 2.75) is 32.2 Å². The van der Waals surface area contributed by atoms with E-state index in [0.717, 1.165) is 18.3 Å². The summed E-state index contributed by atoms with van der Waals surface area (Å²) in [5.41, 5.74) is 8.58. The van der Waals surface area contributed by atoms with Gasteiger partial charge in [0.1, 0.15) is 10.7 Å². The van der Waals surface area contributed by atoms with Gasteiger partial charge in [0.25, 0.3) is 5.56 Å². The average Bonchev–Trinajstić information content (AvgIpc) is 3.01. The Morgan fingerprint density at radius 1 is 1.25 bits per heavy atom. The lowest BCUT2D eigenvalue weighted by Crippen LogP contribution is -2.48. The molecule has 1 aromatic heterocycles. The largest absolute Gasteiger partial charge is 0.288 e. The summed E-state index contributed by atoms with van der Waals surface area (Å²) in [5.74, 6) is 0.418. The van der Waals surface area contributed by atoms with Gasteiger partial charge in [-0.1, -0.05) is 11.3 Å². The average molecular weight is 270 g/mol. The van der Waals surface area contributed by atoms with Crippen molar-refractivity contribution >= 4 is 11.4 Å². The van der Waals surface area contributed by atoms with E-state index in [1.807, 2.05) is 0 Å². The third kappa shape index (κ3) is 1.59. The van der Waals surface area contributed by atoms with Gasteiger partial charge in [0.2, 0.25) is 0 Å². The van der Waals surface area contributed by atoms with E-state index in [1.165, 1.54) is 24.0 Å².